The molecule has 1 saturated heterocycles. The predicted octanol–water partition coefficient (Wildman–Crippen LogP) is 2.55. The van der Waals surface area contributed by atoms with Crippen LogP contribution in [0.4, 0.5) is 0 Å². The summed E-state index contributed by atoms with van der Waals surface area (Å²) in [6, 6.07) is 9.88. The SMILES string of the molecule is CC1CCC(CN2CNC(c3ccccc3)C2=O)C1. The molecule has 3 unspecified atom stereocenters. The van der Waals surface area contributed by atoms with Crippen molar-refractivity contribution in [3.63, 3.8) is 0 Å². The molecule has 1 N–H and O–H groups in total. The van der Waals surface area contributed by atoms with Crippen molar-refractivity contribution in [2.24, 2.45) is 11.8 Å². The van der Waals surface area contributed by atoms with Crippen molar-refractivity contribution in [1.82, 2.24) is 10.2 Å². The van der Waals surface area contributed by atoms with Crippen LogP contribution in [0, 0.1) is 11.8 Å². The highest BCUT2D eigenvalue weighted by atomic mass is 16.2. The molecule has 0 radical (unpaired) electrons. The van der Waals surface area contributed by atoms with E-state index in [2.05, 4.69) is 12.2 Å². The fraction of sp³-hybridized carbons (Fsp3) is 0.562. The van der Waals surface area contributed by atoms with Crippen molar-refractivity contribution in [2.45, 2.75) is 32.2 Å². The molecule has 19 heavy (non-hydrogen) atoms. The minimum atomic E-state index is -0.139. The maximum atomic E-state index is 12.4. The Hall–Kier alpha value is -1.35. The molecule has 1 amide bonds. The Morgan fingerprint density at radius 2 is 2.05 bits per heavy atom. The molecule has 0 spiro atoms. The first-order valence-corrected chi connectivity index (χ1v) is 7.31. The summed E-state index contributed by atoms with van der Waals surface area (Å²) in [6.07, 6.45) is 3.88. The molecule has 102 valence electrons. The third-order valence-corrected chi connectivity index (χ3v) is 4.46. The first-order valence-electron chi connectivity index (χ1n) is 7.31. The molecule has 0 aromatic heterocycles. The van der Waals surface area contributed by atoms with Gasteiger partial charge in [-0.15, -0.1) is 0 Å². The lowest BCUT2D eigenvalue weighted by atomic mass is 10.0. The average molecular weight is 258 g/mol. The number of carbonyl (C=O) groups excluding carboxylic acids is 1. The van der Waals surface area contributed by atoms with Gasteiger partial charge in [0.2, 0.25) is 5.91 Å². The molecule has 1 aromatic carbocycles. The first kappa shape index (κ1) is 12.7. The number of hydrogen-bond acceptors (Lipinski definition) is 2. The van der Waals surface area contributed by atoms with E-state index in [9.17, 15) is 4.79 Å². The smallest absolute Gasteiger partial charge is 0.245 e. The van der Waals surface area contributed by atoms with E-state index in [0.717, 1.165) is 18.0 Å². The topological polar surface area (TPSA) is 32.3 Å². The van der Waals surface area contributed by atoms with Crippen LogP contribution in [0.1, 0.15) is 37.8 Å². The summed E-state index contributed by atoms with van der Waals surface area (Å²) >= 11 is 0. The Bertz CT molecular complexity index is 445. The van der Waals surface area contributed by atoms with E-state index in [1.807, 2.05) is 35.2 Å². The van der Waals surface area contributed by atoms with Crippen molar-refractivity contribution in [3.05, 3.63) is 35.9 Å². The summed E-state index contributed by atoms with van der Waals surface area (Å²) in [5.41, 5.74) is 1.08. The van der Waals surface area contributed by atoms with E-state index in [-0.39, 0.29) is 11.9 Å². The summed E-state index contributed by atoms with van der Waals surface area (Å²) in [5.74, 6) is 1.78. The van der Waals surface area contributed by atoms with Crippen LogP contribution >= 0.6 is 0 Å². The summed E-state index contributed by atoms with van der Waals surface area (Å²) in [6.45, 7) is 3.94. The Kier molecular flexibility index (Phi) is 3.56. The van der Waals surface area contributed by atoms with Crippen LogP contribution in [-0.4, -0.2) is 24.0 Å². The minimum Gasteiger partial charge on any atom is -0.328 e. The van der Waals surface area contributed by atoms with Crippen LogP contribution in [0.5, 0.6) is 0 Å². The van der Waals surface area contributed by atoms with Crippen molar-refractivity contribution in [2.75, 3.05) is 13.2 Å². The largest absolute Gasteiger partial charge is 0.328 e. The zero-order chi connectivity index (χ0) is 13.2. The van der Waals surface area contributed by atoms with Crippen LogP contribution in [0.25, 0.3) is 0 Å². The van der Waals surface area contributed by atoms with Gasteiger partial charge in [-0.2, -0.15) is 0 Å². The monoisotopic (exact) mass is 258 g/mol. The highest BCUT2D eigenvalue weighted by Gasteiger charge is 2.34. The second kappa shape index (κ2) is 5.33. The molecule has 3 nitrogen and oxygen atoms in total. The fourth-order valence-electron chi connectivity index (χ4n) is 3.41. The zero-order valence-electron chi connectivity index (χ0n) is 11.5. The van der Waals surface area contributed by atoms with Crippen LogP contribution in [0.2, 0.25) is 0 Å². The van der Waals surface area contributed by atoms with Gasteiger partial charge in [0.15, 0.2) is 0 Å². The second-order valence-corrected chi connectivity index (χ2v) is 6.05. The van der Waals surface area contributed by atoms with Crippen LogP contribution in [-0.2, 0) is 4.79 Å². The molecule has 3 atom stereocenters. The lowest BCUT2D eigenvalue weighted by Gasteiger charge is -2.20. The van der Waals surface area contributed by atoms with Crippen molar-refractivity contribution in [1.29, 1.82) is 0 Å². The van der Waals surface area contributed by atoms with E-state index in [4.69, 9.17) is 0 Å². The highest BCUT2D eigenvalue weighted by molar-refractivity contribution is 5.85. The number of amides is 1. The molecule has 0 bridgehead atoms. The van der Waals surface area contributed by atoms with E-state index >= 15 is 0 Å². The van der Waals surface area contributed by atoms with E-state index in [1.54, 1.807) is 0 Å². The lowest BCUT2D eigenvalue weighted by molar-refractivity contribution is -0.129. The highest BCUT2D eigenvalue weighted by Crippen LogP contribution is 2.32. The van der Waals surface area contributed by atoms with Gasteiger partial charge < -0.3 is 4.90 Å². The van der Waals surface area contributed by atoms with E-state index < -0.39 is 0 Å². The molecule has 1 aromatic rings. The number of rotatable bonds is 3. The molecule has 1 saturated carbocycles. The van der Waals surface area contributed by atoms with E-state index in [1.165, 1.54) is 19.3 Å². The Morgan fingerprint density at radius 1 is 1.26 bits per heavy atom. The van der Waals surface area contributed by atoms with Gasteiger partial charge in [0, 0.05) is 6.54 Å². The van der Waals surface area contributed by atoms with Crippen molar-refractivity contribution in [3.8, 4) is 0 Å². The predicted molar refractivity (Wildman–Crippen MR) is 75.4 cm³/mol. The van der Waals surface area contributed by atoms with Crippen LogP contribution in [0.3, 0.4) is 0 Å². The molecule has 2 aliphatic rings. The van der Waals surface area contributed by atoms with Gasteiger partial charge in [0.05, 0.1) is 6.67 Å². The summed E-state index contributed by atoms with van der Waals surface area (Å²) in [4.78, 5) is 14.4. The Labute approximate surface area is 115 Å². The molecule has 2 fully saturated rings. The zero-order valence-corrected chi connectivity index (χ0v) is 11.5. The maximum absolute atomic E-state index is 12.4. The fourth-order valence-corrected chi connectivity index (χ4v) is 3.41. The molecule has 3 rings (SSSR count). The van der Waals surface area contributed by atoms with E-state index in [0.29, 0.717) is 12.6 Å². The minimum absolute atomic E-state index is 0.139. The number of carbonyl (C=O) groups is 1. The maximum Gasteiger partial charge on any atom is 0.245 e. The van der Waals surface area contributed by atoms with Crippen LogP contribution in [0.15, 0.2) is 30.3 Å². The van der Waals surface area contributed by atoms with Gasteiger partial charge in [-0.1, -0.05) is 43.7 Å². The molecule has 1 aliphatic heterocycles. The lowest BCUT2D eigenvalue weighted by Crippen LogP contribution is -2.31. The third-order valence-electron chi connectivity index (χ3n) is 4.46. The number of hydrogen-bond donors (Lipinski definition) is 1. The average Bonchev–Trinajstić information content (AvgIpc) is 2.99. The summed E-state index contributed by atoms with van der Waals surface area (Å²) in [5, 5.41) is 3.33. The standard InChI is InChI=1S/C16H22N2O/c1-12-7-8-13(9-12)10-18-11-17-15(16(18)19)14-5-3-2-4-6-14/h2-6,12-13,15,17H,7-11H2,1H3. The first-order chi connectivity index (χ1) is 9.24. The molecule has 1 aliphatic carbocycles. The molecule has 1 heterocycles. The van der Waals surface area contributed by atoms with Gasteiger partial charge in [-0.3, -0.25) is 10.1 Å². The third kappa shape index (κ3) is 2.66. The van der Waals surface area contributed by atoms with Crippen LogP contribution < -0.4 is 5.32 Å². The quantitative estimate of drug-likeness (QED) is 0.903. The van der Waals surface area contributed by atoms with Gasteiger partial charge in [-0.25, -0.2) is 0 Å². The van der Waals surface area contributed by atoms with Gasteiger partial charge in [0.1, 0.15) is 6.04 Å². The summed E-state index contributed by atoms with van der Waals surface area (Å²) < 4.78 is 0. The Balaban J connectivity index is 1.62. The molecule has 3 heteroatoms. The molecular formula is C16H22N2O. The van der Waals surface area contributed by atoms with Crippen molar-refractivity contribution >= 4 is 5.91 Å². The number of nitrogens with one attached hydrogen (secondary N) is 1. The molecular weight excluding hydrogens is 236 g/mol. The van der Waals surface area contributed by atoms with Gasteiger partial charge >= 0.3 is 0 Å². The normalized spacial score (nSPS) is 31.1. The number of benzene rings is 1. The van der Waals surface area contributed by atoms with Gasteiger partial charge in [0.25, 0.3) is 0 Å². The van der Waals surface area contributed by atoms with Crippen molar-refractivity contribution < 1.29 is 4.79 Å². The number of nitrogens with zero attached hydrogens (tertiary/aromatic N) is 1. The summed E-state index contributed by atoms with van der Waals surface area (Å²) in [7, 11) is 0. The van der Waals surface area contributed by atoms with Gasteiger partial charge in [-0.05, 0) is 30.2 Å². The Morgan fingerprint density at radius 3 is 2.74 bits per heavy atom. The second-order valence-electron chi connectivity index (χ2n) is 6.05.